The van der Waals surface area contributed by atoms with Gasteiger partial charge in [0, 0.05) is 35.1 Å². The third-order valence-electron chi connectivity index (χ3n) is 6.75. The number of pyridine rings is 1. The van der Waals surface area contributed by atoms with Crippen molar-refractivity contribution in [1.82, 2.24) is 19.7 Å². The van der Waals surface area contributed by atoms with Crippen molar-refractivity contribution in [2.24, 2.45) is 0 Å². The lowest BCUT2D eigenvalue weighted by Crippen LogP contribution is -2.34. The summed E-state index contributed by atoms with van der Waals surface area (Å²) in [6, 6.07) is 20.1. The van der Waals surface area contributed by atoms with E-state index in [1.165, 1.54) is 5.56 Å². The number of aryl methyl sites for hydroxylation is 1. The number of hydrogen-bond donors (Lipinski definition) is 2. The molecule has 0 spiro atoms. The van der Waals surface area contributed by atoms with Crippen molar-refractivity contribution in [3.63, 3.8) is 0 Å². The van der Waals surface area contributed by atoms with Crippen molar-refractivity contribution in [2.75, 3.05) is 0 Å². The summed E-state index contributed by atoms with van der Waals surface area (Å²) in [7, 11) is -3.35. The predicted octanol–water partition coefficient (Wildman–Crippen LogP) is 5.90. The molecular formula is C28H30N4O2S. The number of fused-ring (bicyclic) bond motifs is 1. The quantitative estimate of drug-likeness (QED) is 0.324. The van der Waals surface area contributed by atoms with Crippen LogP contribution in [0.3, 0.4) is 0 Å². The number of nitrogens with zero attached hydrogens (tertiary/aromatic N) is 2. The maximum absolute atomic E-state index is 12.8. The van der Waals surface area contributed by atoms with Gasteiger partial charge in [-0.05, 0) is 55.5 Å². The summed E-state index contributed by atoms with van der Waals surface area (Å²) >= 11 is 0. The Bertz CT molecular complexity index is 1420. The highest BCUT2D eigenvalue weighted by atomic mass is 32.2. The first-order valence-corrected chi connectivity index (χ1v) is 13.7. The fraction of sp³-hybridized carbons (Fsp3) is 0.286. The van der Waals surface area contributed by atoms with E-state index >= 15 is 0 Å². The van der Waals surface area contributed by atoms with E-state index < -0.39 is 10.0 Å². The number of rotatable bonds is 8. The summed E-state index contributed by atoms with van der Waals surface area (Å²) in [4.78, 5) is 12.6. The van der Waals surface area contributed by atoms with Gasteiger partial charge in [-0.3, -0.25) is 4.98 Å². The summed E-state index contributed by atoms with van der Waals surface area (Å²) in [5, 5.41) is -0.389. The zero-order chi connectivity index (χ0) is 24.4. The lowest BCUT2D eigenvalue weighted by molar-refractivity contribution is 0.537. The molecule has 0 saturated heterocycles. The topological polar surface area (TPSA) is 87.7 Å². The van der Waals surface area contributed by atoms with Gasteiger partial charge in [-0.15, -0.1) is 0 Å². The van der Waals surface area contributed by atoms with Crippen LogP contribution in [0.1, 0.15) is 50.3 Å². The number of aromatic nitrogens is 3. The molecule has 0 aliphatic heterocycles. The van der Waals surface area contributed by atoms with Crippen molar-refractivity contribution in [2.45, 2.75) is 50.8 Å². The molecule has 6 nitrogen and oxygen atoms in total. The van der Waals surface area contributed by atoms with E-state index in [4.69, 9.17) is 4.98 Å². The first kappa shape index (κ1) is 23.5. The van der Waals surface area contributed by atoms with Crippen LogP contribution in [0.2, 0.25) is 0 Å². The van der Waals surface area contributed by atoms with Crippen LogP contribution in [-0.2, 0) is 16.4 Å². The molecule has 2 aromatic carbocycles. The second-order valence-electron chi connectivity index (χ2n) is 9.18. The van der Waals surface area contributed by atoms with Crippen molar-refractivity contribution >= 4 is 10.0 Å². The Labute approximate surface area is 206 Å². The van der Waals surface area contributed by atoms with Crippen molar-refractivity contribution in [1.29, 1.82) is 0 Å². The second kappa shape index (κ2) is 9.76. The van der Waals surface area contributed by atoms with E-state index in [1.807, 2.05) is 49.4 Å². The maximum Gasteiger partial charge on any atom is 0.214 e. The molecule has 2 aromatic heterocycles. The van der Waals surface area contributed by atoms with Gasteiger partial charge >= 0.3 is 0 Å². The highest BCUT2D eigenvalue weighted by Gasteiger charge is 2.30. The summed E-state index contributed by atoms with van der Waals surface area (Å²) < 4.78 is 28.5. The third kappa shape index (κ3) is 4.79. The number of nitrogens with one attached hydrogen (secondary N) is 2. The molecule has 1 aliphatic carbocycles. The number of hydrogen-bond acceptors (Lipinski definition) is 4. The molecule has 0 radical (unpaired) electrons. The Hall–Kier alpha value is -3.29. The minimum absolute atomic E-state index is 0.176. The van der Waals surface area contributed by atoms with Gasteiger partial charge in [-0.2, -0.15) is 0 Å². The SMILES string of the molecule is CCCC(C)S(=O)(=O)NC1CCc2cc(-c3[nH]c(-c4ccccc4)nc3-c3ccncc3)ccc21. The molecule has 5 rings (SSSR count). The second-order valence-corrected chi connectivity index (χ2v) is 11.3. The Kier molecular flexibility index (Phi) is 6.54. The standard InChI is InChI=1S/C28H30N4O2S/c1-3-7-19(2)35(33,34)32-25-13-11-22-18-23(10-12-24(22)25)27-26(20-14-16-29-17-15-20)30-28(31-27)21-8-5-4-6-9-21/h4-6,8-10,12,14-19,25,32H,3,7,11,13H2,1-2H3,(H,30,31). The average molecular weight is 487 g/mol. The fourth-order valence-corrected chi connectivity index (χ4v) is 6.22. The predicted molar refractivity (Wildman–Crippen MR) is 140 cm³/mol. The van der Waals surface area contributed by atoms with Gasteiger partial charge in [0.2, 0.25) is 10.0 Å². The molecule has 2 heterocycles. The van der Waals surface area contributed by atoms with Crippen molar-refractivity contribution in [3.8, 4) is 33.9 Å². The number of benzene rings is 2. The van der Waals surface area contributed by atoms with Crippen molar-refractivity contribution < 1.29 is 8.42 Å². The van der Waals surface area contributed by atoms with Crippen LogP contribution >= 0.6 is 0 Å². The van der Waals surface area contributed by atoms with Crippen LogP contribution in [-0.4, -0.2) is 28.6 Å². The molecule has 2 N–H and O–H groups in total. The highest BCUT2D eigenvalue weighted by Crippen LogP contribution is 2.38. The highest BCUT2D eigenvalue weighted by molar-refractivity contribution is 7.90. The van der Waals surface area contributed by atoms with Crippen LogP contribution < -0.4 is 4.72 Å². The minimum atomic E-state index is -3.35. The molecule has 180 valence electrons. The summed E-state index contributed by atoms with van der Waals surface area (Å²) in [6.45, 7) is 3.80. The molecule has 1 aliphatic rings. The molecule has 0 fully saturated rings. The first-order valence-electron chi connectivity index (χ1n) is 12.2. The van der Waals surface area contributed by atoms with Crippen LogP contribution in [0.25, 0.3) is 33.9 Å². The smallest absolute Gasteiger partial charge is 0.214 e. The zero-order valence-electron chi connectivity index (χ0n) is 20.0. The zero-order valence-corrected chi connectivity index (χ0v) is 20.8. The van der Waals surface area contributed by atoms with Gasteiger partial charge in [0.05, 0.1) is 16.6 Å². The first-order chi connectivity index (χ1) is 17.0. The van der Waals surface area contributed by atoms with E-state index in [2.05, 4.69) is 32.9 Å². The molecule has 2 unspecified atom stereocenters. The summed E-state index contributed by atoms with van der Waals surface area (Å²) in [5.41, 5.74) is 7.10. The molecule has 2 atom stereocenters. The molecule has 7 heteroatoms. The van der Waals surface area contributed by atoms with E-state index in [0.29, 0.717) is 6.42 Å². The Morgan fingerprint density at radius 2 is 1.80 bits per heavy atom. The van der Waals surface area contributed by atoms with Gasteiger partial charge in [-0.1, -0.05) is 55.8 Å². The number of H-pyrrole nitrogens is 1. The van der Waals surface area contributed by atoms with E-state index in [9.17, 15) is 8.42 Å². The number of aromatic amines is 1. The van der Waals surface area contributed by atoms with Crippen LogP contribution in [0.15, 0.2) is 73.1 Å². The Balaban J connectivity index is 1.50. The van der Waals surface area contributed by atoms with Crippen molar-refractivity contribution in [3.05, 3.63) is 84.2 Å². The Morgan fingerprint density at radius 3 is 2.54 bits per heavy atom. The maximum atomic E-state index is 12.8. The monoisotopic (exact) mass is 486 g/mol. The number of imidazole rings is 1. The van der Waals surface area contributed by atoms with Gasteiger partial charge in [0.15, 0.2) is 0 Å². The van der Waals surface area contributed by atoms with E-state index in [-0.39, 0.29) is 11.3 Å². The molecule has 4 aromatic rings. The molecule has 0 amide bonds. The van der Waals surface area contributed by atoms with E-state index in [1.54, 1.807) is 19.3 Å². The fourth-order valence-electron chi connectivity index (χ4n) is 4.81. The van der Waals surface area contributed by atoms with E-state index in [0.717, 1.165) is 58.7 Å². The van der Waals surface area contributed by atoms with Crippen LogP contribution in [0.5, 0.6) is 0 Å². The minimum Gasteiger partial charge on any atom is -0.337 e. The largest absolute Gasteiger partial charge is 0.337 e. The summed E-state index contributed by atoms with van der Waals surface area (Å²) in [6.07, 6.45) is 6.66. The lowest BCUT2D eigenvalue weighted by atomic mass is 10.0. The molecule has 0 saturated carbocycles. The van der Waals surface area contributed by atoms with Crippen LogP contribution in [0.4, 0.5) is 0 Å². The molecule has 35 heavy (non-hydrogen) atoms. The lowest BCUT2D eigenvalue weighted by Gasteiger charge is -2.18. The third-order valence-corrected chi connectivity index (χ3v) is 8.65. The number of sulfonamides is 1. The van der Waals surface area contributed by atoms with Gasteiger partial charge < -0.3 is 4.98 Å². The Morgan fingerprint density at radius 1 is 1.03 bits per heavy atom. The van der Waals surface area contributed by atoms with Crippen LogP contribution in [0, 0.1) is 0 Å². The molecule has 0 bridgehead atoms. The normalized spacial score (nSPS) is 16.2. The van der Waals surface area contributed by atoms with Gasteiger partial charge in [-0.25, -0.2) is 18.1 Å². The van der Waals surface area contributed by atoms with Gasteiger partial charge in [0.1, 0.15) is 5.82 Å². The van der Waals surface area contributed by atoms with Gasteiger partial charge in [0.25, 0.3) is 0 Å². The average Bonchev–Trinajstić information content (AvgIpc) is 3.49. The summed E-state index contributed by atoms with van der Waals surface area (Å²) in [5.74, 6) is 0.809. The molecular weight excluding hydrogens is 456 g/mol.